The fraction of sp³-hybridized carbons (Fsp3) is 0.833. The Morgan fingerprint density at radius 2 is 2.29 bits per heavy atom. The molecule has 14 heavy (non-hydrogen) atoms. The Morgan fingerprint density at radius 1 is 1.50 bits per heavy atom. The van der Waals surface area contributed by atoms with E-state index in [-0.39, 0.29) is 5.41 Å². The Balaban J connectivity index is 1.94. The van der Waals surface area contributed by atoms with Crippen molar-refractivity contribution in [2.75, 3.05) is 13.2 Å². The van der Waals surface area contributed by atoms with Crippen LogP contribution in [0.15, 0.2) is 0 Å². The van der Waals surface area contributed by atoms with Gasteiger partial charge in [-0.1, -0.05) is 19.8 Å². The van der Waals surface area contributed by atoms with E-state index >= 15 is 0 Å². The van der Waals surface area contributed by atoms with Gasteiger partial charge in [0, 0.05) is 24.0 Å². The zero-order valence-electron chi connectivity index (χ0n) is 9.26. The van der Waals surface area contributed by atoms with Gasteiger partial charge in [-0.25, -0.2) is 0 Å². The summed E-state index contributed by atoms with van der Waals surface area (Å²) in [5.41, 5.74) is 0.288. The first-order valence-corrected chi connectivity index (χ1v) is 5.42. The molecule has 2 nitrogen and oxygen atoms in total. The predicted molar refractivity (Wildman–Crippen MR) is 56.9 cm³/mol. The van der Waals surface area contributed by atoms with E-state index in [2.05, 4.69) is 31.0 Å². The van der Waals surface area contributed by atoms with Crippen molar-refractivity contribution < 1.29 is 4.74 Å². The molecular weight excluding hydrogens is 174 g/mol. The molecule has 1 N–H and O–H groups in total. The third-order valence-electron chi connectivity index (χ3n) is 3.69. The van der Waals surface area contributed by atoms with Gasteiger partial charge in [-0.3, -0.25) is 0 Å². The number of fused-ring (bicyclic) bond motifs is 1. The van der Waals surface area contributed by atoms with Crippen molar-refractivity contribution in [2.24, 2.45) is 11.3 Å². The highest BCUT2D eigenvalue weighted by atomic mass is 16.5. The normalized spacial score (nSPS) is 38.1. The summed E-state index contributed by atoms with van der Waals surface area (Å²) in [5, 5.41) is 3.53. The Bertz CT molecular complexity index is 274. The lowest BCUT2D eigenvalue weighted by Crippen LogP contribution is -2.65. The molecule has 0 aromatic carbocycles. The van der Waals surface area contributed by atoms with Crippen LogP contribution in [-0.4, -0.2) is 25.3 Å². The third-order valence-corrected chi connectivity index (χ3v) is 3.69. The predicted octanol–water partition coefficient (Wildman–Crippen LogP) is 1.41. The third kappa shape index (κ3) is 1.36. The number of rotatable bonds is 2. The van der Waals surface area contributed by atoms with Crippen molar-refractivity contribution in [3.8, 4) is 11.8 Å². The lowest BCUT2D eigenvalue weighted by atomic mass is 9.57. The highest BCUT2D eigenvalue weighted by molar-refractivity contribution is 5.12. The van der Waals surface area contributed by atoms with Crippen LogP contribution < -0.4 is 5.32 Å². The van der Waals surface area contributed by atoms with Crippen molar-refractivity contribution in [1.29, 1.82) is 0 Å². The summed E-state index contributed by atoms with van der Waals surface area (Å²) >= 11 is 0. The standard InChI is InChI=1S/C12H19NO/c1-4-5-7-13-10-9-6-8-14-11(9)12(10,2)3/h9-11,13H,6-8H2,1-3H3. The Hall–Kier alpha value is -0.520. The summed E-state index contributed by atoms with van der Waals surface area (Å²) in [6, 6.07) is 0.593. The van der Waals surface area contributed by atoms with Gasteiger partial charge in [0.05, 0.1) is 12.6 Å². The maximum Gasteiger partial charge on any atom is 0.0685 e. The van der Waals surface area contributed by atoms with Crippen molar-refractivity contribution in [2.45, 2.75) is 39.3 Å². The van der Waals surface area contributed by atoms with E-state index < -0.39 is 0 Å². The SMILES string of the molecule is CC#CCNC1C2CCOC2C1(C)C. The summed E-state index contributed by atoms with van der Waals surface area (Å²) < 4.78 is 5.73. The zero-order chi connectivity index (χ0) is 10.2. The first-order valence-electron chi connectivity index (χ1n) is 5.42. The second-order valence-corrected chi connectivity index (χ2v) is 4.85. The molecule has 3 atom stereocenters. The van der Waals surface area contributed by atoms with Gasteiger partial charge in [-0.05, 0) is 13.3 Å². The average Bonchev–Trinajstić information content (AvgIpc) is 2.58. The highest BCUT2D eigenvalue weighted by Crippen LogP contribution is 2.51. The van der Waals surface area contributed by atoms with Gasteiger partial charge in [0.25, 0.3) is 0 Å². The van der Waals surface area contributed by atoms with Crippen LogP contribution in [0, 0.1) is 23.2 Å². The molecule has 2 heteroatoms. The Kier molecular flexibility index (Phi) is 2.55. The van der Waals surface area contributed by atoms with Crippen LogP contribution in [0.4, 0.5) is 0 Å². The molecule has 1 aliphatic heterocycles. The molecule has 0 spiro atoms. The number of hydrogen-bond acceptors (Lipinski definition) is 2. The minimum atomic E-state index is 0.288. The zero-order valence-corrected chi connectivity index (χ0v) is 9.26. The second kappa shape index (κ2) is 3.56. The minimum Gasteiger partial charge on any atom is -0.377 e. The van der Waals surface area contributed by atoms with Crippen LogP contribution in [0.3, 0.4) is 0 Å². The monoisotopic (exact) mass is 193 g/mol. The van der Waals surface area contributed by atoms with Crippen LogP contribution in [0.25, 0.3) is 0 Å². The lowest BCUT2D eigenvalue weighted by molar-refractivity contribution is -0.111. The molecular formula is C12H19NO. The van der Waals surface area contributed by atoms with Gasteiger partial charge in [0.15, 0.2) is 0 Å². The van der Waals surface area contributed by atoms with Crippen LogP contribution in [0.1, 0.15) is 27.2 Å². The lowest BCUT2D eigenvalue weighted by Gasteiger charge is -2.54. The molecule has 1 saturated heterocycles. The van der Waals surface area contributed by atoms with Crippen LogP contribution in [-0.2, 0) is 4.74 Å². The van der Waals surface area contributed by atoms with Crippen LogP contribution in [0.5, 0.6) is 0 Å². The molecule has 1 heterocycles. The molecule has 2 fully saturated rings. The maximum atomic E-state index is 5.73. The molecule has 0 radical (unpaired) electrons. The van der Waals surface area contributed by atoms with Gasteiger partial charge in [-0.2, -0.15) is 0 Å². The van der Waals surface area contributed by atoms with E-state index in [9.17, 15) is 0 Å². The first kappa shape index (κ1) is 10.0. The number of nitrogens with one attached hydrogen (secondary N) is 1. The van der Waals surface area contributed by atoms with E-state index in [1.165, 1.54) is 6.42 Å². The van der Waals surface area contributed by atoms with Crippen molar-refractivity contribution >= 4 is 0 Å². The molecule has 2 aliphatic rings. The minimum absolute atomic E-state index is 0.288. The number of hydrogen-bond donors (Lipinski definition) is 1. The smallest absolute Gasteiger partial charge is 0.0685 e. The quantitative estimate of drug-likeness (QED) is 0.670. The van der Waals surface area contributed by atoms with Gasteiger partial charge < -0.3 is 10.1 Å². The fourth-order valence-electron chi connectivity index (χ4n) is 2.99. The van der Waals surface area contributed by atoms with Gasteiger partial charge in [-0.15, -0.1) is 5.92 Å². The van der Waals surface area contributed by atoms with Crippen molar-refractivity contribution in [1.82, 2.24) is 5.32 Å². The molecule has 2 rings (SSSR count). The average molecular weight is 193 g/mol. The maximum absolute atomic E-state index is 5.73. The molecule has 78 valence electrons. The molecule has 3 unspecified atom stereocenters. The van der Waals surface area contributed by atoms with Crippen LogP contribution in [0.2, 0.25) is 0 Å². The van der Waals surface area contributed by atoms with E-state index in [4.69, 9.17) is 4.74 Å². The molecule has 1 aliphatic carbocycles. The van der Waals surface area contributed by atoms with E-state index in [0.717, 1.165) is 19.1 Å². The number of ether oxygens (including phenoxy) is 1. The fourth-order valence-corrected chi connectivity index (χ4v) is 2.99. The largest absolute Gasteiger partial charge is 0.377 e. The summed E-state index contributed by atoms with van der Waals surface area (Å²) in [6.07, 6.45) is 1.69. The Labute approximate surface area is 86.4 Å². The topological polar surface area (TPSA) is 21.3 Å². The first-order chi connectivity index (χ1) is 6.68. The van der Waals surface area contributed by atoms with Crippen molar-refractivity contribution in [3.05, 3.63) is 0 Å². The summed E-state index contributed by atoms with van der Waals surface area (Å²) in [4.78, 5) is 0. The van der Waals surface area contributed by atoms with E-state index in [1.807, 2.05) is 6.92 Å². The Morgan fingerprint density at radius 3 is 3.00 bits per heavy atom. The molecule has 0 aromatic rings. The van der Waals surface area contributed by atoms with Gasteiger partial charge in [0.1, 0.15) is 0 Å². The van der Waals surface area contributed by atoms with Crippen LogP contribution >= 0.6 is 0 Å². The molecule has 0 bridgehead atoms. The molecule has 0 amide bonds. The van der Waals surface area contributed by atoms with E-state index in [1.54, 1.807) is 0 Å². The summed E-state index contributed by atoms with van der Waals surface area (Å²) in [7, 11) is 0. The van der Waals surface area contributed by atoms with Gasteiger partial charge in [0.2, 0.25) is 0 Å². The molecule has 0 aromatic heterocycles. The summed E-state index contributed by atoms with van der Waals surface area (Å²) in [5.74, 6) is 6.70. The van der Waals surface area contributed by atoms with Gasteiger partial charge >= 0.3 is 0 Å². The van der Waals surface area contributed by atoms with E-state index in [0.29, 0.717) is 12.1 Å². The summed E-state index contributed by atoms with van der Waals surface area (Å²) in [6.45, 7) is 8.21. The highest BCUT2D eigenvalue weighted by Gasteiger charge is 2.58. The van der Waals surface area contributed by atoms with Crippen molar-refractivity contribution in [3.63, 3.8) is 0 Å². The second-order valence-electron chi connectivity index (χ2n) is 4.85. The molecule has 1 saturated carbocycles.